The molecule has 17 nitrogen and oxygen atoms in total. The molecular formula is C71H138O17P2. The average molecular weight is 1330 g/mol. The van der Waals surface area contributed by atoms with Crippen molar-refractivity contribution in [1.29, 1.82) is 0 Å². The van der Waals surface area contributed by atoms with Crippen molar-refractivity contribution in [2.45, 2.75) is 381 Å². The van der Waals surface area contributed by atoms with Crippen LogP contribution in [0.25, 0.3) is 0 Å². The predicted octanol–water partition coefficient (Wildman–Crippen LogP) is 20.4. The van der Waals surface area contributed by atoms with Gasteiger partial charge in [-0.25, -0.2) is 9.13 Å². The largest absolute Gasteiger partial charge is 0.472 e. The minimum absolute atomic E-state index is 0.104. The van der Waals surface area contributed by atoms with Crippen molar-refractivity contribution in [2.75, 3.05) is 39.6 Å². The molecule has 0 bridgehead atoms. The number of carbonyl (C=O) groups is 4. The third-order valence-corrected chi connectivity index (χ3v) is 18.4. The first kappa shape index (κ1) is 88.1. The number of aliphatic hydroxyl groups excluding tert-OH is 1. The summed E-state index contributed by atoms with van der Waals surface area (Å²) in [7, 11) is -9.90. The zero-order valence-electron chi connectivity index (χ0n) is 58.4. The Bertz CT molecular complexity index is 1750. The first-order chi connectivity index (χ1) is 43.4. The van der Waals surface area contributed by atoms with Gasteiger partial charge in [-0.15, -0.1) is 0 Å². The van der Waals surface area contributed by atoms with E-state index in [-0.39, 0.29) is 25.7 Å². The van der Waals surface area contributed by atoms with E-state index in [1.54, 1.807) is 0 Å². The highest BCUT2D eigenvalue weighted by Crippen LogP contribution is 2.45. The SMILES string of the molecule is CCCCCCCCCCCCCCCCCCCC(=O)O[C@H](COC(=O)CCCCCCCCCCCCCCC)COP(=O)(O)OC[C@@H](O)COP(=O)(O)OC[C@@H](COC(=O)CCCCCCCCC(C)C)OC(=O)CCCCCCCCCCC(C)C. The quantitative estimate of drug-likeness (QED) is 0.0222. The van der Waals surface area contributed by atoms with Crippen LogP contribution in [0.2, 0.25) is 0 Å². The van der Waals surface area contributed by atoms with Crippen LogP contribution in [0.4, 0.5) is 0 Å². The number of phosphoric acid groups is 2. The normalized spacial score (nSPS) is 14.1. The molecule has 0 aliphatic rings. The van der Waals surface area contributed by atoms with Gasteiger partial charge in [-0.3, -0.25) is 37.3 Å². The predicted molar refractivity (Wildman–Crippen MR) is 363 cm³/mol. The summed E-state index contributed by atoms with van der Waals surface area (Å²) >= 11 is 0. The molecule has 0 spiro atoms. The van der Waals surface area contributed by atoms with Crippen LogP contribution in [0.3, 0.4) is 0 Å². The summed E-state index contributed by atoms with van der Waals surface area (Å²) in [5, 5.41) is 10.6. The summed E-state index contributed by atoms with van der Waals surface area (Å²) in [6.07, 6.45) is 48.7. The van der Waals surface area contributed by atoms with Crippen molar-refractivity contribution in [3.8, 4) is 0 Å². The Hall–Kier alpha value is -1.94. The molecule has 0 fully saturated rings. The standard InChI is InChI=1S/C71H138O17P2/c1-7-9-11-13-15-17-19-21-22-23-24-26-28-30-35-43-49-55-70(75)87-66(59-81-68(73)53-47-41-34-29-27-25-20-18-16-14-12-10-8-2)61-85-89(77,78)83-57-65(72)58-84-90(79,80)86-62-67(60-82-69(74)54-48-42-38-37-40-46-52-64(5)6)88-71(76)56-50-44-36-32-31-33-39-45-51-63(3)4/h63-67,72H,7-62H2,1-6H3,(H,77,78)(H,79,80)/t65-,66-,67-/m1/s1. The second-order valence-corrected chi connectivity index (χ2v) is 29.5. The lowest BCUT2D eigenvalue weighted by molar-refractivity contribution is -0.161. The lowest BCUT2D eigenvalue weighted by Gasteiger charge is -2.21. The van der Waals surface area contributed by atoms with Crippen LogP contribution >= 0.6 is 15.6 Å². The molecule has 2 unspecified atom stereocenters. The van der Waals surface area contributed by atoms with Crippen molar-refractivity contribution in [2.24, 2.45) is 11.8 Å². The van der Waals surface area contributed by atoms with Gasteiger partial charge >= 0.3 is 39.5 Å². The maximum absolute atomic E-state index is 13.0. The Labute approximate surface area is 549 Å². The van der Waals surface area contributed by atoms with E-state index < -0.39 is 97.5 Å². The zero-order valence-corrected chi connectivity index (χ0v) is 60.2. The number of hydrogen-bond acceptors (Lipinski definition) is 15. The van der Waals surface area contributed by atoms with Gasteiger partial charge in [0.2, 0.25) is 0 Å². The highest BCUT2D eigenvalue weighted by Gasteiger charge is 2.30. The molecule has 0 aliphatic carbocycles. The maximum atomic E-state index is 13.0. The second kappa shape index (κ2) is 63.1. The number of aliphatic hydroxyl groups is 1. The van der Waals surface area contributed by atoms with Gasteiger partial charge in [0.1, 0.15) is 19.3 Å². The highest BCUT2D eigenvalue weighted by atomic mass is 31.2. The van der Waals surface area contributed by atoms with Crippen LogP contribution in [0.15, 0.2) is 0 Å². The molecule has 19 heteroatoms. The third-order valence-electron chi connectivity index (χ3n) is 16.5. The van der Waals surface area contributed by atoms with E-state index in [0.29, 0.717) is 31.6 Å². The van der Waals surface area contributed by atoms with Crippen molar-refractivity contribution in [3.05, 3.63) is 0 Å². The van der Waals surface area contributed by atoms with Crippen LogP contribution < -0.4 is 0 Å². The Morgan fingerprint density at radius 3 is 0.756 bits per heavy atom. The van der Waals surface area contributed by atoms with Crippen LogP contribution in [0.1, 0.15) is 363 Å². The molecule has 5 atom stereocenters. The monoisotopic (exact) mass is 1320 g/mol. The first-order valence-electron chi connectivity index (χ1n) is 37.0. The van der Waals surface area contributed by atoms with E-state index in [4.69, 9.17) is 37.0 Å². The van der Waals surface area contributed by atoms with Gasteiger partial charge in [0, 0.05) is 25.7 Å². The highest BCUT2D eigenvalue weighted by molar-refractivity contribution is 7.47. The summed E-state index contributed by atoms with van der Waals surface area (Å²) in [6.45, 7) is 9.43. The van der Waals surface area contributed by atoms with Crippen molar-refractivity contribution in [3.63, 3.8) is 0 Å². The maximum Gasteiger partial charge on any atom is 0.472 e. The molecule has 0 aromatic rings. The summed E-state index contributed by atoms with van der Waals surface area (Å²) < 4.78 is 68.3. The van der Waals surface area contributed by atoms with Crippen molar-refractivity contribution in [1.82, 2.24) is 0 Å². The molecule has 0 radical (unpaired) electrons. The summed E-state index contributed by atoms with van der Waals surface area (Å²) in [5.74, 6) is -0.727. The van der Waals surface area contributed by atoms with E-state index in [1.165, 1.54) is 173 Å². The number of unbranched alkanes of at least 4 members (excludes halogenated alkanes) is 40. The van der Waals surface area contributed by atoms with Crippen LogP contribution in [0, 0.1) is 11.8 Å². The van der Waals surface area contributed by atoms with E-state index >= 15 is 0 Å². The molecular weight excluding hydrogens is 1190 g/mol. The van der Waals surface area contributed by atoms with Crippen molar-refractivity contribution < 1.29 is 80.2 Å². The van der Waals surface area contributed by atoms with Gasteiger partial charge < -0.3 is 33.8 Å². The fourth-order valence-corrected chi connectivity index (χ4v) is 12.3. The topological polar surface area (TPSA) is 237 Å². The molecule has 0 aromatic carbocycles. The molecule has 0 rings (SSSR count). The van der Waals surface area contributed by atoms with Crippen LogP contribution in [-0.2, 0) is 65.4 Å². The van der Waals surface area contributed by atoms with Gasteiger partial charge in [0.15, 0.2) is 12.2 Å². The summed E-state index contributed by atoms with van der Waals surface area (Å²) in [5.41, 5.74) is 0. The Morgan fingerprint density at radius 2 is 0.511 bits per heavy atom. The zero-order chi connectivity index (χ0) is 66.5. The second-order valence-electron chi connectivity index (χ2n) is 26.6. The number of carbonyl (C=O) groups excluding carboxylic acids is 4. The molecule has 0 saturated carbocycles. The third kappa shape index (κ3) is 64.8. The van der Waals surface area contributed by atoms with Gasteiger partial charge in [0.05, 0.1) is 26.4 Å². The first-order valence-corrected chi connectivity index (χ1v) is 40.0. The molecule has 0 saturated heterocycles. The Morgan fingerprint density at radius 1 is 0.300 bits per heavy atom. The van der Waals surface area contributed by atoms with Gasteiger partial charge in [0.25, 0.3) is 0 Å². The molecule has 0 aromatic heterocycles. The van der Waals surface area contributed by atoms with Crippen LogP contribution in [-0.4, -0.2) is 96.7 Å². The number of hydrogen-bond donors (Lipinski definition) is 3. The average Bonchev–Trinajstić information content (AvgIpc) is 3.71. The molecule has 90 heavy (non-hydrogen) atoms. The molecule has 0 heterocycles. The number of ether oxygens (including phenoxy) is 4. The van der Waals surface area contributed by atoms with Crippen molar-refractivity contribution >= 4 is 39.5 Å². The van der Waals surface area contributed by atoms with E-state index in [2.05, 4.69) is 41.5 Å². The lowest BCUT2D eigenvalue weighted by Crippen LogP contribution is -2.30. The molecule has 0 aliphatic heterocycles. The van der Waals surface area contributed by atoms with Gasteiger partial charge in [-0.1, -0.05) is 311 Å². The summed E-state index contributed by atoms with van der Waals surface area (Å²) in [4.78, 5) is 72.5. The van der Waals surface area contributed by atoms with Gasteiger partial charge in [-0.05, 0) is 37.5 Å². The number of phosphoric ester groups is 2. The Kier molecular flexibility index (Phi) is 61.8. The Balaban J connectivity index is 5.23. The molecule has 0 amide bonds. The fourth-order valence-electron chi connectivity index (χ4n) is 10.8. The smallest absolute Gasteiger partial charge is 0.462 e. The van der Waals surface area contributed by atoms with E-state index in [9.17, 15) is 43.2 Å². The summed E-state index contributed by atoms with van der Waals surface area (Å²) in [6, 6.07) is 0. The van der Waals surface area contributed by atoms with Crippen LogP contribution in [0.5, 0.6) is 0 Å². The minimum Gasteiger partial charge on any atom is -0.462 e. The minimum atomic E-state index is -4.95. The van der Waals surface area contributed by atoms with E-state index in [1.807, 2.05) is 0 Å². The molecule has 534 valence electrons. The van der Waals surface area contributed by atoms with Gasteiger partial charge in [-0.2, -0.15) is 0 Å². The van der Waals surface area contributed by atoms with E-state index in [0.717, 1.165) is 102 Å². The number of rotatable bonds is 70. The molecule has 3 N–H and O–H groups in total. The lowest BCUT2D eigenvalue weighted by atomic mass is 10.0. The fraction of sp³-hybridized carbons (Fsp3) is 0.944. The number of esters is 4.